The average Bonchev–Trinajstić information content (AvgIpc) is 2.99. The molecule has 4 rings (SSSR count). The number of anilines is 1. The third kappa shape index (κ3) is 4.27. The number of carbonyl (C=O) groups is 1. The molecule has 10 heteroatoms. The molecule has 1 unspecified atom stereocenters. The number of carbonyl (C=O) groups excluding carboxylic acids is 1. The lowest BCUT2D eigenvalue weighted by molar-refractivity contribution is 0.00578. The Morgan fingerprint density at radius 3 is 2.20 bits per heavy atom. The summed E-state index contributed by atoms with van der Waals surface area (Å²) in [6.45, 7) is 13.4. The van der Waals surface area contributed by atoms with Crippen LogP contribution in [0.15, 0.2) is 41.3 Å². The van der Waals surface area contributed by atoms with Crippen LogP contribution in [0.2, 0.25) is 0 Å². The molecule has 0 saturated carbocycles. The van der Waals surface area contributed by atoms with Gasteiger partial charge in [0.25, 0.3) is 5.91 Å². The lowest BCUT2D eigenvalue weighted by Crippen LogP contribution is -2.63. The zero-order valence-corrected chi connectivity index (χ0v) is 22.3. The molecule has 2 heterocycles. The molecule has 0 aliphatic carbocycles. The molecular weight excluding hydrogens is 467 g/mol. The van der Waals surface area contributed by atoms with Gasteiger partial charge < -0.3 is 24.5 Å². The first-order valence-electron chi connectivity index (χ1n) is 11.5. The Morgan fingerprint density at radius 2 is 1.69 bits per heavy atom. The van der Waals surface area contributed by atoms with Gasteiger partial charge in [0.05, 0.1) is 38.5 Å². The van der Waals surface area contributed by atoms with E-state index in [4.69, 9.17) is 14.0 Å². The number of ether oxygens (including phenoxy) is 1. The molecule has 3 N–H and O–H groups in total. The zero-order valence-electron chi connectivity index (χ0n) is 21.4. The van der Waals surface area contributed by atoms with Gasteiger partial charge in [0, 0.05) is 17.3 Å². The lowest BCUT2D eigenvalue weighted by Gasteiger charge is -2.39. The lowest BCUT2D eigenvalue weighted by atomic mass is 9.76. The van der Waals surface area contributed by atoms with Gasteiger partial charge >= 0.3 is 7.12 Å². The van der Waals surface area contributed by atoms with Gasteiger partial charge in [0.15, 0.2) is 0 Å². The SMILES string of the molecule is COc1cc(NC(=O)c2ccc(B3OC(C)(C)C(C)(C)O3)c(C)c2)ccc1S1(=O)=C(O)C(C)(C)N1. The summed E-state index contributed by atoms with van der Waals surface area (Å²) in [6.07, 6.45) is 0. The van der Waals surface area contributed by atoms with Crippen LogP contribution in [0.25, 0.3) is 0 Å². The summed E-state index contributed by atoms with van der Waals surface area (Å²) < 4.78 is 33.8. The number of benzene rings is 2. The number of methoxy groups -OCH3 is 1. The van der Waals surface area contributed by atoms with Crippen LogP contribution < -0.4 is 20.2 Å². The summed E-state index contributed by atoms with van der Waals surface area (Å²) in [5.74, 6) is -0.000457. The van der Waals surface area contributed by atoms with Gasteiger partial charge in [-0.2, -0.15) is 0 Å². The second-order valence-electron chi connectivity index (χ2n) is 10.6. The fourth-order valence-corrected chi connectivity index (χ4v) is 6.69. The van der Waals surface area contributed by atoms with Crippen molar-refractivity contribution in [2.24, 2.45) is 0 Å². The molecule has 0 aromatic heterocycles. The van der Waals surface area contributed by atoms with Crippen LogP contribution in [0.1, 0.15) is 57.5 Å². The fourth-order valence-electron chi connectivity index (χ4n) is 4.16. The van der Waals surface area contributed by atoms with Crippen LogP contribution in [-0.2, 0) is 19.0 Å². The predicted octanol–water partition coefficient (Wildman–Crippen LogP) is 3.18. The number of hydrogen-bond acceptors (Lipinski definition) is 5. The molecule has 1 amide bonds. The van der Waals surface area contributed by atoms with Crippen molar-refractivity contribution >= 4 is 38.9 Å². The normalized spacial score (nSPS) is 24.1. The molecule has 8 nitrogen and oxygen atoms in total. The molecule has 1 atom stereocenters. The third-order valence-corrected chi connectivity index (χ3v) is 9.79. The fraction of sp³-hybridized carbons (Fsp3) is 0.440. The van der Waals surface area contributed by atoms with Crippen LogP contribution >= 0.6 is 0 Å². The van der Waals surface area contributed by atoms with Crippen LogP contribution in [-0.4, -0.2) is 51.2 Å². The van der Waals surface area contributed by atoms with Gasteiger partial charge in [-0.3, -0.25) is 4.79 Å². The second-order valence-corrected chi connectivity index (χ2v) is 12.7. The van der Waals surface area contributed by atoms with Gasteiger partial charge in [-0.25, -0.2) is 8.93 Å². The van der Waals surface area contributed by atoms with Gasteiger partial charge in [0.1, 0.15) is 10.8 Å². The van der Waals surface area contributed by atoms with E-state index in [9.17, 15) is 14.1 Å². The molecule has 2 aromatic rings. The second kappa shape index (κ2) is 8.35. The topological polar surface area (TPSA) is 106 Å². The monoisotopic (exact) mass is 500 g/mol. The minimum absolute atomic E-state index is 0.127. The Kier molecular flexibility index (Phi) is 6.13. The summed E-state index contributed by atoms with van der Waals surface area (Å²) in [4.78, 5) is 13.3. The number of hydrogen-bond donors (Lipinski definition) is 3. The highest BCUT2D eigenvalue weighted by Gasteiger charge is 2.52. The highest BCUT2D eigenvalue weighted by molar-refractivity contribution is 8.02. The summed E-state index contributed by atoms with van der Waals surface area (Å²) in [5, 5.41) is 13.1. The number of aliphatic hydroxyl groups excluding tert-OH is 1. The van der Waals surface area contributed by atoms with E-state index < -0.39 is 33.6 Å². The van der Waals surface area contributed by atoms with Crippen LogP contribution in [0.5, 0.6) is 5.75 Å². The summed E-state index contributed by atoms with van der Waals surface area (Å²) in [6, 6.07) is 10.2. The Hall–Kier alpha value is -2.37. The minimum atomic E-state index is -2.97. The van der Waals surface area contributed by atoms with Gasteiger partial charge in [0.2, 0.25) is 0 Å². The molecule has 2 aromatic carbocycles. The number of amides is 1. The highest BCUT2D eigenvalue weighted by atomic mass is 32.2. The molecular formula is C25H33BN2O6S. The Balaban J connectivity index is 1.55. The first-order chi connectivity index (χ1) is 16.1. The number of nitrogens with one attached hydrogen (secondary N) is 2. The average molecular weight is 500 g/mol. The van der Waals surface area contributed by atoms with E-state index in [1.807, 2.05) is 40.7 Å². The minimum Gasteiger partial charge on any atom is -0.495 e. The van der Waals surface area contributed by atoms with Gasteiger partial charge in [-0.15, -0.1) is 0 Å². The van der Waals surface area contributed by atoms with Crippen molar-refractivity contribution in [1.82, 2.24) is 4.72 Å². The van der Waals surface area contributed by atoms with E-state index in [-0.39, 0.29) is 11.0 Å². The molecule has 1 fully saturated rings. The number of aliphatic hydroxyl groups is 1. The first-order valence-corrected chi connectivity index (χ1v) is 13.0. The first kappa shape index (κ1) is 25.7. The Labute approximate surface area is 207 Å². The molecule has 0 spiro atoms. The smallest absolute Gasteiger partial charge is 0.495 e. The molecule has 35 heavy (non-hydrogen) atoms. The van der Waals surface area contributed by atoms with E-state index in [0.717, 1.165) is 11.0 Å². The van der Waals surface area contributed by atoms with Crippen molar-refractivity contribution in [3.63, 3.8) is 0 Å². The van der Waals surface area contributed by atoms with Crippen LogP contribution in [0.4, 0.5) is 5.69 Å². The van der Waals surface area contributed by atoms with Crippen molar-refractivity contribution < 1.29 is 28.2 Å². The zero-order chi connectivity index (χ0) is 26.0. The van der Waals surface area contributed by atoms with E-state index in [0.29, 0.717) is 21.9 Å². The van der Waals surface area contributed by atoms with E-state index in [1.165, 1.54) is 7.11 Å². The van der Waals surface area contributed by atoms with E-state index >= 15 is 0 Å². The van der Waals surface area contributed by atoms with Crippen LogP contribution in [0, 0.1) is 6.92 Å². The largest absolute Gasteiger partial charge is 0.495 e. The van der Waals surface area contributed by atoms with Gasteiger partial charge in [-0.1, -0.05) is 11.6 Å². The Morgan fingerprint density at radius 1 is 1.06 bits per heavy atom. The number of aryl methyl sites for hydroxylation is 1. The third-order valence-electron chi connectivity index (χ3n) is 6.98. The van der Waals surface area contributed by atoms with Crippen LogP contribution in [0.3, 0.4) is 0 Å². The number of rotatable bonds is 5. The van der Waals surface area contributed by atoms with E-state index in [1.54, 1.807) is 44.2 Å². The summed E-state index contributed by atoms with van der Waals surface area (Å²) in [5.41, 5.74) is 1.07. The van der Waals surface area contributed by atoms with Crippen molar-refractivity contribution in [1.29, 1.82) is 0 Å². The van der Waals surface area contributed by atoms with Crippen molar-refractivity contribution in [3.05, 3.63) is 47.5 Å². The van der Waals surface area contributed by atoms with Gasteiger partial charge in [-0.05, 0) is 78.2 Å². The Bertz CT molecular complexity index is 1310. The summed E-state index contributed by atoms with van der Waals surface area (Å²) >= 11 is 0. The predicted molar refractivity (Wildman–Crippen MR) is 139 cm³/mol. The summed E-state index contributed by atoms with van der Waals surface area (Å²) in [7, 11) is -2.02. The molecule has 2 aliphatic rings. The van der Waals surface area contributed by atoms with Crippen molar-refractivity contribution in [3.8, 4) is 5.75 Å². The highest BCUT2D eigenvalue weighted by Crippen LogP contribution is 2.37. The molecule has 0 radical (unpaired) electrons. The molecule has 2 aliphatic heterocycles. The maximum absolute atomic E-state index is 13.2. The molecule has 188 valence electrons. The molecule has 1 saturated heterocycles. The maximum atomic E-state index is 13.2. The standard InChI is InChI=1S/C25H33BN2O6S/c1-15-13-16(9-11-18(15)26-33-24(4,5)25(6,7)34-26)21(29)27-17-10-12-20(19(14-17)32-8)35(31)22(30)23(2,3)28-35/h9-14,30H,1-8H3,(H,27,29)(H,28,31). The quantitative estimate of drug-likeness (QED) is 0.430. The van der Waals surface area contributed by atoms with Crippen molar-refractivity contribution in [2.45, 2.75) is 70.1 Å². The van der Waals surface area contributed by atoms with E-state index in [2.05, 4.69) is 10.0 Å². The molecule has 0 bridgehead atoms. The maximum Gasteiger partial charge on any atom is 0.495 e. The van der Waals surface area contributed by atoms with Crippen molar-refractivity contribution in [2.75, 3.05) is 12.4 Å².